The quantitative estimate of drug-likeness (QED) is 0.170. The normalized spacial score (nSPS) is 17.0. The zero-order valence-electron chi connectivity index (χ0n) is 20.9. The molecule has 0 aliphatic heterocycles. The smallest absolute Gasteiger partial charge is 0.190 e. The van der Waals surface area contributed by atoms with E-state index in [0.29, 0.717) is 16.2 Å². The van der Waals surface area contributed by atoms with E-state index in [1.807, 2.05) is 41.1 Å². The first-order chi connectivity index (χ1) is 19.2. The third-order valence-corrected chi connectivity index (χ3v) is 10.4. The second-order valence-electron chi connectivity index (χ2n) is 10.4. The summed E-state index contributed by atoms with van der Waals surface area (Å²) in [6.45, 7) is 0. The summed E-state index contributed by atoms with van der Waals surface area (Å²) < 4.78 is 0. The summed E-state index contributed by atoms with van der Waals surface area (Å²) >= 11 is 2.81. The Balaban J connectivity index is 1.43. The SMILES string of the molecule is O=C(c1cccs1)C1(C(=O)c2cccs2)C=CC2=C(C1)C1(c3ccccc32)c2ccccc2-c2ccccc21. The predicted octanol–water partition coefficient (Wildman–Crippen LogP) is 8.60. The molecule has 0 saturated heterocycles. The molecular formula is C35H22O2S2. The Morgan fingerprint density at radius 2 is 1.08 bits per heavy atom. The van der Waals surface area contributed by atoms with Gasteiger partial charge in [-0.15, -0.1) is 22.7 Å². The van der Waals surface area contributed by atoms with Gasteiger partial charge in [-0.05, 0) is 73.8 Å². The maximum absolute atomic E-state index is 14.4. The molecule has 0 unspecified atom stereocenters. The molecule has 5 aromatic rings. The van der Waals surface area contributed by atoms with Crippen molar-refractivity contribution in [3.05, 3.63) is 158 Å². The molecule has 0 amide bonds. The minimum Gasteiger partial charge on any atom is -0.292 e. The Morgan fingerprint density at radius 1 is 0.590 bits per heavy atom. The first-order valence-electron chi connectivity index (χ1n) is 13.0. The first kappa shape index (κ1) is 22.8. The Hall–Kier alpha value is -4.12. The summed E-state index contributed by atoms with van der Waals surface area (Å²) in [6, 6.07) is 33.3. The molecule has 2 heterocycles. The van der Waals surface area contributed by atoms with E-state index >= 15 is 0 Å². The van der Waals surface area contributed by atoms with Gasteiger partial charge in [-0.1, -0.05) is 97.1 Å². The van der Waals surface area contributed by atoms with Crippen LogP contribution in [-0.2, 0) is 5.41 Å². The zero-order chi connectivity index (χ0) is 26.2. The molecule has 0 bridgehead atoms. The van der Waals surface area contributed by atoms with Crippen LogP contribution >= 0.6 is 22.7 Å². The lowest BCUT2D eigenvalue weighted by molar-refractivity contribution is 0.0727. The van der Waals surface area contributed by atoms with Crippen molar-refractivity contribution in [1.82, 2.24) is 0 Å². The number of fused-ring (bicyclic) bond motifs is 9. The van der Waals surface area contributed by atoms with E-state index in [2.05, 4.69) is 78.9 Å². The van der Waals surface area contributed by atoms with E-state index in [1.54, 1.807) is 0 Å². The van der Waals surface area contributed by atoms with Gasteiger partial charge in [-0.2, -0.15) is 0 Å². The number of hydrogen-bond acceptors (Lipinski definition) is 4. The van der Waals surface area contributed by atoms with Gasteiger partial charge in [0.15, 0.2) is 11.6 Å². The van der Waals surface area contributed by atoms with Crippen LogP contribution in [0.1, 0.15) is 48.0 Å². The molecule has 186 valence electrons. The summed E-state index contributed by atoms with van der Waals surface area (Å²) in [4.78, 5) is 30.0. The van der Waals surface area contributed by atoms with Crippen molar-refractivity contribution in [2.45, 2.75) is 11.8 Å². The fourth-order valence-corrected chi connectivity index (χ4v) is 8.57. The molecular weight excluding hydrogens is 517 g/mol. The molecule has 3 aliphatic rings. The number of carbonyl (C=O) groups excluding carboxylic acids is 2. The number of hydrogen-bond donors (Lipinski definition) is 0. The molecule has 8 rings (SSSR count). The minimum absolute atomic E-state index is 0.121. The molecule has 0 fully saturated rings. The van der Waals surface area contributed by atoms with Crippen LogP contribution in [0.2, 0.25) is 0 Å². The van der Waals surface area contributed by atoms with Crippen molar-refractivity contribution >= 4 is 39.8 Å². The molecule has 3 aromatic carbocycles. The highest BCUT2D eigenvalue weighted by atomic mass is 32.1. The van der Waals surface area contributed by atoms with Crippen LogP contribution in [0.25, 0.3) is 16.7 Å². The molecule has 2 nitrogen and oxygen atoms in total. The number of Topliss-reactive ketones (excluding diaryl/α,β-unsaturated/α-hetero) is 2. The Labute approximate surface area is 234 Å². The lowest BCUT2D eigenvalue weighted by atomic mass is 9.62. The molecule has 0 saturated carbocycles. The van der Waals surface area contributed by atoms with E-state index in [4.69, 9.17) is 0 Å². The molecule has 4 heteroatoms. The van der Waals surface area contributed by atoms with Crippen molar-refractivity contribution in [1.29, 1.82) is 0 Å². The molecule has 1 spiro atoms. The molecule has 0 N–H and O–H groups in total. The predicted molar refractivity (Wildman–Crippen MR) is 159 cm³/mol. The van der Waals surface area contributed by atoms with Gasteiger partial charge in [0.05, 0.1) is 15.2 Å². The summed E-state index contributed by atoms with van der Waals surface area (Å²) in [5.74, 6) is -0.242. The van der Waals surface area contributed by atoms with Crippen LogP contribution in [0.3, 0.4) is 0 Å². The second-order valence-corrected chi connectivity index (χ2v) is 12.3. The van der Waals surface area contributed by atoms with E-state index in [1.165, 1.54) is 56.1 Å². The van der Waals surface area contributed by atoms with Gasteiger partial charge in [0.1, 0.15) is 5.41 Å². The lowest BCUT2D eigenvalue weighted by Gasteiger charge is -2.38. The van der Waals surface area contributed by atoms with Gasteiger partial charge in [-0.25, -0.2) is 0 Å². The summed E-state index contributed by atoms with van der Waals surface area (Å²) in [5, 5.41) is 3.81. The van der Waals surface area contributed by atoms with Gasteiger partial charge in [0.2, 0.25) is 0 Å². The van der Waals surface area contributed by atoms with Gasteiger partial charge >= 0.3 is 0 Å². The third-order valence-electron chi connectivity index (χ3n) is 8.64. The molecule has 2 aromatic heterocycles. The number of benzene rings is 3. The Kier molecular flexibility index (Phi) is 4.79. The monoisotopic (exact) mass is 538 g/mol. The molecule has 3 aliphatic carbocycles. The van der Waals surface area contributed by atoms with Crippen molar-refractivity contribution < 1.29 is 9.59 Å². The number of allylic oxidation sites excluding steroid dienone is 4. The largest absolute Gasteiger partial charge is 0.292 e. The Bertz CT molecular complexity index is 1780. The van der Waals surface area contributed by atoms with Crippen molar-refractivity contribution in [3.63, 3.8) is 0 Å². The van der Waals surface area contributed by atoms with Crippen LogP contribution in [-0.4, -0.2) is 11.6 Å². The van der Waals surface area contributed by atoms with Crippen LogP contribution < -0.4 is 0 Å². The average Bonchev–Trinajstić information content (AvgIpc) is 3.80. The number of rotatable bonds is 4. The number of thiophene rings is 2. The summed E-state index contributed by atoms with van der Waals surface area (Å²) in [5.41, 5.74) is 7.67. The maximum Gasteiger partial charge on any atom is 0.190 e. The lowest BCUT2D eigenvalue weighted by Crippen LogP contribution is -2.41. The molecule has 39 heavy (non-hydrogen) atoms. The second kappa shape index (κ2) is 8.19. The molecule has 0 radical (unpaired) electrons. The number of ketones is 2. The van der Waals surface area contributed by atoms with Gasteiger partial charge in [0, 0.05) is 0 Å². The van der Waals surface area contributed by atoms with Crippen LogP contribution in [0.4, 0.5) is 0 Å². The van der Waals surface area contributed by atoms with Crippen molar-refractivity contribution in [2.75, 3.05) is 0 Å². The average molecular weight is 539 g/mol. The van der Waals surface area contributed by atoms with E-state index < -0.39 is 10.8 Å². The van der Waals surface area contributed by atoms with Crippen LogP contribution in [0.15, 0.2) is 126 Å². The van der Waals surface area contributed by atoms with Gasteiger partial charge < -0.3 is 0 Å². The van der Waals surface area contributed by atoms with E-state index in [0.717, 1.165) is 11.1 Å². The topological polar surface area (TPSA) is 34.1 Å². The highest BCUT2D eigenvalue weighted by Gasteiger charge is 2.57. The van der Waals surface area contributed by atoms with Crippen LogP contribution in [0, 0.1) is 5.41 Å². The highest BCUT2D eigenvalue weighted by molar-refractivity contribution is 7.13. The maximum atomic E-state index is 14.4. The highest BCUT2D eigenvalue weighted by Crippen LogP contribution is 2.65. The summed E-state index contributed by atoms with van der Waals surface area (Å²) in [6.07, 6.45) is 4.30. The molecule has 0 atom stereocenters. The first-order valence-corrected chi connectivity index (χ1v) is 14.8. The minimum atomic E-state index is -1.31. The Morgan fingerprint density at radius 3 is 1.59 bits per heavy atom. The van der Waals surface area contributed by atoms with Gasteiger partial charge in [0.25, 0.3) is 0 Å². The van der Waals surface area contributed by atoms with Gasteiger partial charge in [-0.3, -0.25) is 9.59 Å². The fraction of sp³-hybridized carbons (Fsp3) is 0.0857. The summed E-state index contributed by atoms with van der Waals surface area (Å²) in [7, 11) is 0. The van der Waals surface area contributed by atoms with E-state index in [9.17, 15) is 9.59 Å². The number of carbonyl (C=O) groups is 2. The van der Waals surface area contributed by atoms with Crippen LogP contribution in [0.5, 0.6) is 0 Å². The van der Waals surface area contributed by atoms with Crippen molar-refractivity contribution in [2.24, 2.45) is 5.41 Å². The zero-order valence-corrected chi connectivity index (χ0v) is 22.5. The fourth-order valence-electron chi connectivity index (χ4n) is 7.07. The third kappa shape index (κ3) is 2.85. The van der Waals surface area contributed by atoms with Crippen molar-refractivity contribution in [3.8, 4) is 11.1 Å². The van der Waals surface area contributed by atoms with E-state index in [-0.39, 0.29) is 11.6 Å². The standard InChI is InChI=1S/C35H22O2S2/c36-32(30-15-7-19-38-30)34(33(37)31-16-8-20-39-31)18-17-25-24-11-3-6-14-28(24)35(29(25)21-34)26-12-4-1-9-22(26)23-10-2-5-13-27(23)35/h1-20H,21H2.